The maximum atomic E-state index is 13.1. The number of rotatable bonds is 9. The molecule has 1 aromatic heterocycles. The fraction of sp³-hybridized carbons (Fsp3) is 0.320. The Balaban J connectivity index is 1.61. The van der Waals surface area contributed by atoms with Gasteiger partial charge in [-0.3, -0.25) is 19.1 Å². The van der Waals surface area contributed by atoms with Crippen molar-refractivity contribution >= 4 is 23.1 Å². The molecule has 4 rings (SSSR count). The Bertz CT molecular complexity index is 1250. The van der Waals surface area contributed by atoms with E-state index in [-0.39, 0.29) is 24.7 Å². The summed E-state index contributed by atoms with van der Waals surface area (Å²) in [7, 11) is 1.51. The van der Waals surface area contributed by atoms with Crippen molar-refractivity contribution in [1.82, 2.24) is 9.55 Å². The lowest BCUT2D eigenvalue weighted by Crippen LogP contribution is -2.36. The molecular formula is C25H29N5O5. The van der Waals surface area contributed by atoms with E-state index >= 15 is 0 Å². The molecule has 1 fully saturated rings. The van der Waals surface area contributed by atoms with Crippen LogP contribution in [0.2, 0.25) is 0 Å². The van der Waals surface area contributed by atoms with Crippen LogP contribution in [0.5, 0.6) is 0 Å². The van der Waals surface area contributed by atoms with E-state index in [1.807, 2.05) is 42.5 Å². The summed E-state index contributed by atoms with van der Waals surface area (Å²) < 4.78 is 11.8. The normalized spacial score (nSPS) is 13.5. The zero-order valence-electron chi connectivity index (χ0n) is 19.6. The van der Waals surface area contributed by atoms with Gasteiger partial charge in [0.1, 0.15) is 11.5 Å². The first-order valence-corrected chi connectivity index (χ1v) is 11.4. The van der Waals surface area contributed by atoms with Crippen LogP contribution in [0.15, 0.2) is 64.2 Å². The molecule has 1 aliphatic heterocycles. The average molecular weight is 480 g/mol. The van der Waals surface area contributed by atoms with Crippen LogP contribution in [0.25, 0.3) is 0 Å². The van der Waals surface area contributed by atoms with Gasteiger partial charge in [0.2, 0.25) is 0 Å². The number of aromatic nitrogens is 2. The first kappa shape index (κ1) is 24.2. The molecule has 1 amide bonds. The standard InChI is InChI=1S/C25H29N5O5/c1-34-14-13-30-22(21(24(32)28-25(30)33)26-17-18-5-3-2-4-6-18)27-23(31)19-7-9-20(10-8-19)29-11-15-35-16-12-29/h2-10,26H,11-17H2,1H3,(H,27,31)(H,28,32,33). The van der Waals surface area contributed by atoms with Gasteiger partial charge in [0.05, 0.1) is 26.4 Å². The summed E-state index contributed by atoms with van der Waals surface area (Å²) in [6.45, 7) is 3.63. The Hall–Kier alpha value is -3.89. The summed E-state index contributed by atoms with van der Waals surface area (Å²) >= 11 is 0. The Morgan fingerprint density at radius 3 is 2.46 bits per heavy atom. The molecule has 0 saturated carbocycles. The third kappa shape index (κ3) is 5.97. The summed E-state index contributed by atoms with van der Waals surface area (Å²) in [6.07, 6.45) is 0. The number of carbonyl (C=O) groups is 1. The lowest BCUT2D eigenvalue weighted by atomic mass is 10.1. The molecule has 0 bridgehead atoms. The van der Waals surface area contributed by atoms with Gasteiger partial charge in [-0.1, -0.05) is 30.3 Å². The molecule has 2 aromatic carbocycles. The molecular weight excluding hydrogens is 450 g/mol. The molecule has 1 saturated heterocycles. The van der Waals surface area contributed by atoms with Gasteiger partial charge in [-0.25, -0.2) is 4.79 Å². The number of hydrogen-bond acceptors (Lipinski definition) is 7. The average Bonchev–Trinajstić information content (AvgIpc) is 2.89. The lowest BCUT2D eigenvalue weighted by molar-refractivity contribution is 0.102. The van der Waals surface area contributed by atoms with Crippen molar-refractivity contribution in [1.29, 1.82) is 0 Å². The van der Waals surface area contributed by atoms with Crippen molar-refractivity contribution in [3.8, 4) is 0 Å². The number of nitrogens with zero attached hydrogens (tertiary/aromatic N) is 2. The minimum Gasteiger partial charge on any atom is -0.383 e. The summed E-state index contributed by atoms with van der Waals surface area (Å²) in [6, 6.07) is 16.7. The van der Waals surface area contributed by atoms with Gasteiger partial charge in [-0.05, 0) is 29.8 Å². The molecule has 1 aliphatic rings. The van der Waals surface area contributed by atoms with E-state index < -0.39 is 17.2 Å². The van der Waals surface area contributed by atoms with E-state index in [0.29, 0.717) is 25.3 Å². The molecule has 3 aromatic rings. The molecule has 35 heavy (non-hydrogen) atoms. The SMILES string of the molecule is COCCn1c(NC(=O)c2ccc(N3CCOCC3)cc2)c(NCc2ccccc2)c(=O)[nH]c1=O. The second-order valence-corrected chi connectivity index (χ2v) is 8.07. The van der Waals surface area contributed by atoms with E-state index in [9.17, 15) is 14.4 Å². The molecule has 0 unspecified atom stereocenters. The van der Waals surface area contributed by atoms with E-state index in [2.05, 4.69) is 20.5 Å². The number of amides is 1. The molecule has 0 atom stereocenters. The number of ether oxygens (including phenoxy) is 2. The number of methoxy groups -OCH3 is 1. The van der Waals surface area contributed by atoms with Crippen LogP contribution < -0.4 is 26.8 Å². The van der Waals surface area contributed by atoms with Crippen LogP contribution in [0, 0.1) is 0 Å². The largest absolute Gasteiger partial charge is 0.383 e. The fourth-order valence-corrected chi connectivity index (χ4v) is 3.87. The highest BCUT2D eigenvalue weighted by Gasteiger charge is 2.19. The van der Waals surface area contributed by atoms with Crippen LogP contribution in [-0.4, -0.2) is 55.5 Å². The zero-order valence-corrected chi connectivity index (χ0v) is 19.6. The highest BCUT2D eigenvalue weighted by atomic mass is 16.5. The van der Waals surface area contributed by atoms with E-state index in [1.54, 1.807) is 12.1 Å². The van der Waals surface area contributed by atoms with Gasteiger partial charge in [0.25, 0.3) is 11.5 Å². The molecule has 0 radical (unpaired) electrons. The van der Waals surface area contributed by atoms with Crippen molar-refractivity contribution in [3.63, 3.8) is 0 Å². The van der Waals surface area contributed by atoms with Gasteiger partial charge in [-0.2, -0.15) is 0 Å². The number of hydrogen-bond donors (Lipinski definition) is 3. The lowest BCUT2D eigenvalue weighted by Gasteiger charge is -2.28. The molecule has 0 aliphatic carbocycles. The summed E-state index contributed by atoms with van der Waals surface area (Å²) in [5, 5.41) is 5.85. The van der Waals surface area contributed by atoms with Crippen LogP contribution in [0.3, 0.4) is 0 Å². The van der Waals surface area contributed by atoms with Gasteiger partial charge in [0, 0.05) is 38.0 Å². The van der Waals surface area contributed by atoms with E-state index in [1.165, 1.54) is 11.7 Å². The van der Waals surface area contributed by atoms with Gasteiger partial charge in [-0.15, -0.1) is 0 Å². The number of morpholine rings is 1. The second kappa shape index (κ2) is 11.5. The van der Waals surface area contributed by atoms with Crippen LogP contribution in [0.1, 0.15) is 15.9 Å². The maximum Gasteiger partial charge on any atom is 0.330 e. The summed E-state index contributed by atoms with van der Waals surface area (Å²) in [4.78, 5) is 43.0. The fourth-order valence-electron chi connectivity index (χ4n) is 3.87. The predicted octanol–water partition coefficient (Wildman–Crippen LogP) is 1.88. The van der Waals surface area contributed by atoms with Crippen LogP contribution >= 0.6 is 0 Å². The first-order valence-electron chi connectivity index (χ1n) is 11.4. The van der Waals surface area contributed by atoms with Crippen LogP contribution in [0.4, 0.5) is 17.2 Å². The van der Waals surface area contributed by atoms with Crippen molar-refractivity contribution in [3.05, 3.63) is 86.6 Å². The van der Waals surface area contributed by atoms with Crippen molar-refractivity contribution in [2.75, 3.05) is 55.6 Å². The number of aromatic amines is 1. The predicted molar refractivity (Wildman–Crippen MR) is 134 cm³/mol. The highest BCUT2D eigenvalue weighted by molar-refractivity contribution is 6.05. The number of anilines is 3. The minimum absolute atomic E-state index is 0.0917. The van der Waals surface area contributed by atoms with Crippen molar-refractivity contribution < 1.29 is 14.3 Å². The topological polar surface area (TPSA) is 118 Å². The third-order valence-electron chi connectivity index (χ3n) is 5.77. The number of H-pyrrole nitrogens is 1. The maximum absolute atomic E-state index is 13.1. The highest BCUT2D eigenvalue weighted by Crippen LogP contribution is 2.20. The molecule has 3 N–H and O–H groups in total. The molecule has 0 spiro atoms. The first-order chi connectivity index (χ1) is 17.1. The third-order valence-corrected chi connectivity index (χ3v) is 5.77. The Labute approximate surface area is 202 Å². The molecule has 10 heteroatoms. The van der Waals surface area contributed by atoms with E-state index in [4.69, 9.17) is 9.47 Å². The Morgan fingerprint density at radius 1 is 1.06 bits per heavy atom. The smallest absolute Gasteiger partial charge is 0.330 e. The van der Waals surface area contributed by atoms with Gasteiger partial charge < -0.3 is 25.0 Å². The number of benzene rings is 2. The minimum atomic E-state index is -0.629. The quantitative estimate of drug-likeness (QED) is 0.429. The Morgan fingerprint density at radius 2 is 1.77 bits per heavy atom. The van der Waals surface area contributed by atoms with E-state index in [0.717, 1.165) is 24.3 Å². The second-order valence-electron chi connectivity index (χ2n) is 8.07. The Kier molecular flexibility index (Phi) is 7.96. The molecule has 10 nitrogen and oxygen atoms in total. The monoisotopic (exact) mass is 479 g/mol. The van der Waals surface area contributed by atoms with Crippen molar-refractivity contribution in [2.24, 2.45) is 0 Å². The number of nitrogens with one attached hydrogen (secondary N) is 3. The zero-order chi connectivity index (χ0) is 24.6. The summed E-state index contributed by atoms with van der Waals surface area (Å²) in [5.41, 5.74) is 1.21. The molecule has 184 valence electrons. The number of carbonyl (C=O) groups excluding carboxylic acids is 1. The van der Waals surface area contributed by atoms with Gasteiger partial charge >= 0.3 is 5.69 Å². The van der Waals surface area contributed by atoms with Crippen LogP contribution in [-0.2, 0) is 22.6 Å². The van der Waals surface area contributed by atoms with Crippen molar-refractivity contribution in [2.45, 2.75) is 13.1 Å². The van der Waals surface area contributed by atoms with Gasteiger partial charge in [0.15, 0.2) is 0 Å². The summed E-state index contributed by atoms with van der Waals surface area (Å²) in [5.74, 6) is -0.341. The molecule has 2 heterocycles.